The van der Waals surface area contributed by atoms with E-state index in [2.05, 4.69) is 0 Å². The maximum atomic E-state index is 13.6. The van der Waals surface area contributed by atoms with E-state index in [0.717, 1.165) is 23.8 Å². The molecule has 27 heavy (non-hydrogen) atoms. The molecule has 0 aliphatic carbocycles. The van der Waals surface area contributed by atoms with Crippen LogP contribution < -0.4 is 4.74 Å². The standard InChI is InChI=1S/C18H18F2N2O4S/c1-13-5-7-14(8-6-13)27(24,25)22-11-9-21(10-12-22)18(23)26-17-15(19)3-2-4-16(17)20/h2-8H,9-12H2,1H3. The molecule has 0 spiro atoms. The van der Waals surface area contributed by atoms with E-state index in [4.69, 9.17) is 4.74 Å². The predicted octanol–water partition coefficient (Wildman–Crippen LogP) is 2.78. The van der Waals surface area contributed by atoms with Crippen molar-refractivity contribution in [3.05, 3.63) is 59.7 Å². The molecule has 0 aromatic heterocycles. The van der Waals surface area contributed by atoms with Gasteiger partial charge in [-0.25, -0.2) is 22.0 Å². The van der Waals surface area contributed by atoms with Crippen LogP contribution in [0.25, 0.3) is 0 Å². The van der Waals surface area contributed by atoms with E-state index in [0.29, 0.717) is 0 Å². The summed E-state index contributed by atoms with van der Waals surface area (Å²) in [6.45, 7) is 2.09. The molecule has 0 saturated carbocycles. The van der Waals surface area contributed by atoms with Gasteiger partial charge in [0.1, 0.15) is 0 Å². The van der Waals surface area contributed by atoms with Gasteiger partial charge in [0.15, 0.2) is 11.6 Å². The Kier molecular flexibility index (Phi) is 5.43. The summed E-state index contributed by atoms with van der Waals surface area (Å²) in [6, 6.07) is 9.62. The Morgan fingerprint density at radius 2 is 1.52 bits per heavy atom. The van der Waals surface area contributed by atoms with Crippen LogP contribution in [0, 0.1) is 18.6 Å². The zero-order valence-electron chi connectivity index (χ0n) is 14.6. The fraction of sp³-hybridized carbons (Fsp3) is 0.278. The molecule has 2 aromatic rings. The van der Waals surface area contributed by atoms with Crippen molar-refractivity contribution in [2.75, 3.05) is 26.2 Å². The molecule has 1 amide bonds. The topological polar surface area (TPSA) is 66.9 Å². The lowest BCUT2D eigenvalue weighted by Crippen LogP contribution is -2.51. The number of ether oxygens (including phenoxy) is 1. The van der Waals surface area contributed by atoms with Crippen LogP contribution in [0.5, 0.6) is 5.75 Å². The molecule has 0 unspecified atom stereocenters. The highest BCUT2D eigenvalue weighted by Gasteiger charge is 2.31. The summed E-state index contributed by atoms with van der Waals surface area (Å²) in [5.41, 5.74) is 0.946. The minimum atomic E-state index is -3.67. The Balaban J connectivity index is 1.64. The molecule has 1 saturated heterocycles. The number of benzene rings is 2. The van der Waals surface area contributed by atoms with Crippen molar-refractivity contribution < 1.29 is 26.7 Å². The number of amides is 1. The average molecular weight is 396 g/mol. The molecule has 6 nitrogen and oxygen atoms in total. The van der Waals surface area contributed by atoms with Crippen LogP contribution in [0.1, 0.15) is 5.56 Å². The van der Waals surface area contributed by atoms with Crippen molar-refractivity contribution in [1.29, 1.82) is 0 Å². The Bertz CT molecular complexity index is 920. The Hall–Kier alpha value is -2.52. The molecular formula is C18H18F2N2O4S. The van der Waals surface area contributed by atoms with E-state index >= 15 is 0 Å². The average Bonchev–Trinajstić information content (AvgIpc) is 2.65. The first kappa shape index (κ1) is 19.2. The van der Waals surface area contributed by atoms with Gasteiger partial charge in [0.05, 0.1) is 4.90 Å². The molecule has 0 bridgehead atoms. The summed E-state index contributed by atoms with van der Waals surface area (Å²) in [7, 11) is -3.67. The van der Waals surface area contributed by atoms with Crippen LogP contribution in [0.15, 0.2) is 47.4 Å². The highest BCUT2D eigenvalue weighted by Crippen LogP contribution is 2.23. The number of hydrogen-bond donors (Lipinski definition) is 0. The lowest BCUT2D eigenvalue weighted by molar-refractivity contribution is 0.129. The second kappa shape index (κ2) is 7.61. The van der Waals surface area contributed by atoms with E-state index in [1.807, 2.05) is 6.92 Å². The number of carbonyl (C=O) groups is 1. The number of rotatable bonds is 3. The lowest BCUT2D eigenvalue weighted by atomic mass is 10.2. The number of carbonyl (C=O) groups excluding carboxylic acids is 1. The molecule has 0 atom stereocenters. The van der Waals surface area contributed by atoms with Gasteiger partial charge >= 0.3 is 6.09 Å². The van der Waals surface area contributed by atoms with E-state index < -0.39 is 33.5 Å². The van der Waals surface area contributed by atoms with Crippen molar-refractivity contribution in [3.8, 4) is 5.75 Å². The van der Waals surface area contributed by atoms with Gasteiger partial charge in [0, 0.05) is 26.2 Å². The molecular weight excluding hydrogens is 378 g/mol. The number of para-hydroxylation sites is 1. The summed E-state index contributed by atoms with van der Waals surface area (Å²) in [4.78, 5) is 13.5. The molecule has 0 N–H and O–H groups in total. The monoisotopic (exact) mass is 396 g/mol. The number of piperazine rings is 1. The molecule has 2 aromatic carbocycles. The van der Waals surface area contributed by atoms with Gasteiger partial charge in [-0.05, 0) is 31.2 Å². The van der Waals surface area contributed by atoms with E-state index in [9.17, 15) is 22.0 Å². The van der Waals surface area contributed by atoms with Gasteiger partial charge in [0.25, 0.3) is 0 Å². The van der Waals surface area contributed by atoms with Crippen molar-refractivity contribution in [2.24, 2.45) is 0 Å². The van der Waals surface area contributed by atoms with Crippen molar-refractivity contribution >= 4 is 16.1 Å². The smallest absolute Gasteiger partial charge is 0.404 e. The van der Waals surface area contributed by atoms with E-state index in [1.165, 1.54) is 21.3 Å². The first-order chi connectivity index (χ1) is 12.8. The van der Waals surface area contributed by atoms with Crippen LogP contribution in [0.4, 0.5) is 13.6 Å². The summed E-state index contributed by atoms with van der Waals surface area (Å²) in [5, 5.41) is 0. The van der Waals surface area contributed by atoms with Crippen molar-refractivity contribution in [3.63, 3.8) is 0 Å². The Labute approximate surface area is 156 Å². The second-order valence-electron chi connectivity index (χ2n) is 6.12. The van der Waals surface area contributed by atoms with Crippen LogP contribution in [0.3, 0.4) is 0 Å². The highest BCUT2D eigenvalue weighted by atomic mass is 32.2. The summed E-state index contributed by atoms with van der Waals surface area (Å²) in [6.07, 6.45) is -0.925. The third-order valence-electron chi connectivity index (χ3n) is 4.26. The van der Waals surface area contributed by atoms with Crippen molar-refractivity contribution in [1.82, 2.24) is 9.21 Å². The SMILES string of the molecule is Cc1ccc(S(=O)(=O)N2CCN(C(=O)Oc3c(F)cccc3F)CC2)cc1. The van der Waals surface area contributed by atoms with Crippen LogP contribution in [0.2, 0.25) is 0 Å². The Morgan fingerprint density at radius 3 is 2.07 bits per heavy atom. The molecule has 1 heterocycles. The minimum Gasteiger partial charge on any atom is -0.404 e. The first-order valence-electron chi connectivity index (χ1n) is 8.26. The van der Waals surface area contributed by atoms with Crippen LogP contribution in [-0.2, 0) is 10.0 Å². The molecule has 3 rings (SSSR count). The van der Waals surface area contributed by atoms with Gasteiger partial charge in [-0.3, -0.25) is 0 Å². The summed E-state index contributed by atoms with van der Waals surface area (Å²) in [5.74, 6) is -2.73. The summed E-state index contributed by atoms with van der Waals surface area (Å²) < 4.78 is 58.5. The van der Waals surface area contributed by atoms with Gasteiger partial charge in [0.2, 0.25) is 15.8 Å². The van der Waals surface area contributed by atoms with Gasteiger partial charge in [-0.2, -0.15) is 4.31 Å². The molecule has 1 aliphatic rings. The molecule has 144 valence electrons. The van der Waals surface area contributed by atoms with E-state index in [-0.39, 0.29) is 31.1 Å². The molecule has 1 fully saturated rings. The maximum absolute atomic E-state index is 13.6. The summed E-state index contributed by atoms with van der Waals surface area (Å²) >= 11 is 0. The largest absolute Gasteiger partial charge is 0.415 e. The van der Waals surface area contributed by atoms with Crippen LogP contribution in [-0.4, -0.2) is 49.9 Å². The number of sulfonamides is 1. The first-order valence-corrected chi connectivity index (χ1v) is 9.70. The molecule has 0 radical (unpaired) electrons. The van der Waals surface area contributed by atoms with Gasteiger partial charge in [-0.15, -0.1) is 0 Å². The highest BCUT2D eigenvalue weighted by molar-refractivity contribution is 7.89. The predicted molar refractivity (Wildman–Crippen MR) is 93.9 cm³/mol. The normalized spacial score (nSPS) is 15.6. The number of nitrogens with zero attached hydrogens (tertiary/aromatic N) is 2. The quantitative estimate of drug-likeness (QED) is 0.800. The van der Waals surface area contributed by atoms with Gasteiger partial charge in [-0.1, -0.05) is 23.8 Å². The maximum Gasteiger partial charge on any atom is 0.415 e. The number of hydrogen-bond acceptors (Lipinski definition) is 4. The molecule has 1 aliphatic heterocycles. The zero-order valence-corrected chi connectivity index (χ0v) is 15.4. The van der Waals surface area contributed by atoms with E-state index in [1.54, 1.807) is 12.1 Å². The fourth-order valence-corrected chi connectivity index (χ4v) is 4.12. The third-order valence-corrected chi connectivity index (χ3v) is 6.18. The minimum absolute atomic E-state index is 0.0556. The fourth-order valence-electron chi connectivity index (χ4n) is 2.70. The molecule has 9 heteroatoms. The van der Waals surface area contributed by atoms with Crippen LogP contribution >= 0.6 is 0 Å². The number of halogens is 2. The van der Waals surface area contributed by atoms with Gasteiger partial charge < -0.3 is 9.64 Å². The number of aryl methyl sites for hydroxylation is 1. The Morgan fingerprint density at radius 1 is 0.963 bits per heavy atom. The lowest BCUT2D eigenvalue weighted by Gasteiger charge is -2.33. The third kappa shape index (κ3) is 4.09. The van der Waals surface area contributed by atoms with Crippen molar-refractivity contribution in [2.45, 2.75) is 11.8 Å². The zero-order chi connectivity index (χ0) is 19.6. The second-order valence-corrected chi connectivity index (χ2v) is 8.06.